The number of carbonyl (C=O) groups excluding carboxylic acids is 3. The number of primary amides is 1. The van der Waals surface area contributed by atoms with E-state index in [1.807, 2.05) is 24.3 Å². The third-order valence-corrected chi connectivity index (χ3v) is 5.73. The highest BCUT2D eigenvalue weighted by atomic mass is 79.9. The van der Waals surface area contributed by atoms with Gasteiger partial charge in [-0.05, 0) is 29.7 Å². The lowest BCUT2D eigenvalue weighted by Crippen LogP contribution is -2.45. The van der Waals surface area contributed by atoms with Crippen LogP contribution in [0.1, 0.15) is 39.9 Å². The highest BCUT2D eigenvalue weighted by Crippen LogP contribution is 2.33. The van der Waals surface area contributed by atoms with E-state index in [0.29, 0.717) is 23.5 Å². The number of hydrogen-bond acceptors (Lipinski definition) is 5. The van der Waals surface area contributed by atoms with E-state index in [9.17, 15) is 14.4 Å². The van der Waals surface area contributed by atoms with Crippen LogP contribution in [0, 0.1) is 0 Å². The van der Waals surface area contributed by atoms with Gasteiger partial charge in [-0.3, -0.25) is 14.4 Å². The van der Waals surface area contributed by atoms with Crippen molar-refractivity contribution in [2.75, 3.05) is 7.11 Å². The number of nitrogens with zero attached hydrogens (tertiary/aromatic N) is 1. The molecule has 30 heavy (non-hydrogen) atoms. The molecule has 2 amide bonds. The van der Waals surface area contributed by atoms with Crippen LogP contribution < -0.4 is 10.5 Å². The third kappa shape index (κ3) is 4.81. The molecule has 3 rings (SSSR count). The van der Waals surface area contributed by atoms with Gasteiger partial charge in [-0.25, -0.2) is 0 Å². The van der Waals surface area contributed by atoms with E-state index >= 15 is 0 Å². The average molecular weight is 475 g/mol. The number of carbonyl (C=O) groups is 3. The summed E-state index contributed by atoms with van der Waals surface area (Å²) in [4.78, 5) is 37.7. The lowest BCUT2D eigenvalue weighted by molar-refractivity contribution is -0.141. The number of halogens is 1. The number of benzene rings is 2. The largest absolute Gasteiger partial charge is 0.489 e. The fourth-order valence-electron chi connectivity index (χ4n) is 3.41. The molecule has 158 valence electrons. The lowest BCUT2D eigenvalue weighted by Gasteiger charge is -2.24. The Morgan fingerprint density at radius 2 is 1.87 bits per heavy atom. The number of fused-ring (bicyclic) bond motifs is 1. The Kier molecular flexibility index (Phi) is 7.10. The van der Waals surface area contributed by atoms with Gasteiger partial charge >= 0.3 is 5.97 Å². The van der Waals surface area contributed by atoms with Gasteiger partial charge in [0.15, 0.2) is 0 Å². The molecule has 0 saturated heterocycles. The highest BCUT2D eigenvalue weighted by Gasteiger charge is 2.37. The van der Waals surface area contributed by atoms with Gasteiger partial charge in [-0.2, -0.15) is 0 Å². The van der Waals surface area contributed by atoms with E-state index in [-0.39, 0.29) is 25.3 Å². The zero-order valence-corrected chi connectivity index (χ0v) is 18.2. The van der Waals surface area contributed by atoms with Crippen LogP contribution in [0.25, 0.3) is 0 Å². The molecule has 1 aliphatic rings. The Bertz CT molecular complexity index is 945. The fraction of sp³-hybridized carbons (Fsp3) is 0.318. The molecule has 1 atom stereocenters. The number of ether oxygens (including phenoxy) is 2. The predicted molar refractivity (Wildman–Crippen MR) is 114 cm³/mol. The van der Waals surface area contributed by atoms with Crippen molar-refractivity contribution in [1.29, 1.82) is 0 Å². The van der Waals surface area contributed by atoms with E-state index in [1.165, 1.54) is 17.6 Å². The second kappa shape index (κ2) is 9.75. The number of amides is 2. The maximum atomic E-state index is 12.9. The smallest absolute Gasteiger partial charge is 0.305 e. The quantitative estimate of drug-likeness (QED) is 0.444. The third-order valence-electron chi connectivity index (χ3n) is 5.08. The SMILES string of the molecule is COC(=O)CC[C@@H](C(N)=O)N1Cc2c(OCc3ccc(CBr)cc3)cccc2C1=O. The number of nitrogens with two attached hydrogens (primary N) is 1. The van der Waals surface area contributed by atoms with Crippen molar-refractivity contribution in [2.45, 2.75) is 37.4 Å². The molecule has 0 spiro atoms. The summed E-state index contributed by atoms with van der Waals surface area (Å²) in [6.45, 7) is 0.552. The molecule has 0 saturated carbocycles. The molecule has 7 nitrogen and oxygen atoms in total. The molecule has 0 radical (unpaired) electrons. The van der Waals surface area contributed by atoms with Crippen LogP contribution in [-0.2, 0) is 32.8 Å². The summed E-state index contributed by atoms with van der Waals surface area (Å²) < 4.78 is 10.6. The van der Waals surface area contributed by atoms with Crippen molar-refractivity contribution in [1.82, 2.24) is 4.90 Å². The number of hydrogen-bond donors (Lipinski definition) is 1. The van der Waals surface area contributed by atoms with Crippen LogP contribution in [0.4, 0.5) is 0 Å². The molecule has 2 N–H and O–H groups in total. The van der Waals surface area contributed by atoms with Crippen molar-refractivity contribution in [3.8, 4) is 5.75 Å². The molecule has 8 heteroatoms. The molecule has 1 aliphatic heterocycles. The Morgan fingerprint density at radius 3 is 2.50 bits per heavy atom. The standard InChI is InChI=1S/C22H23BrN2O5/c1-29-20(26)10-9-18(21(24)27)25-12-17-16(22(25)28)3-2-4-19(17)30-13-15-7-5-14(11-23)6-8-15/h2-8,18H,9-13H2,1H3,(H2,24,27)/t18-/m0/s1. The van der Waals surface area contributed by atoms with Crippen molar-refractivity contribution in [3.05, 3.63) is 64.7 Å². The number of rotatable bonds is 9. The van der Waals surface area contributed by atoms with Crippen molar-refractivity contribution >= 4 is 33.7 Å². The van der Waals surface area contributed by atoms with Gasteiger partial charge in [0.05, 0.1) is 13.7 Å². The zero-order valence-electron chi connectivity index (χ0n) is 16.6. The number of esters is 1. The van der Waals surface area contributed by atoms with Crippen LogP contribution in [0.2, 0.25) is 0 Å². The first-order chi connectivity index (χ1) is 14.4. The van der Waals surface area contributed by atoms with Crippen molar-refractivity contribution < 1.29 is 23.9 Å². The molecule has 2 aromatic carbocycles. The zero-order chi connectivity index (χ0) is 21.7. The minimum absolute atomic E-state index is 0.00200. The normalized spacial score (nSPS) is 13.7. The van der Waals surface area contributed by atoms with Crippen LogP contribution >= 0.6 is 15.9 Å². The van der Waals surface area contributed by atoms with Crippen LogP contribution in [0.5, 0.6) is 5.75 Å². The molecule has 0 aromatic heterocycles. The monoisotopic (exact) mass is 474 g/mol. The molecule has 0 unspecified atom stereocenters. The van der Waals surface area contributed by atoms with Gasteiger partial charge in [-0.1, -0.05) is 46.3 Å². The summed E-state index contributed by atoms with van der Waals surface area (Å²) in [5.41, 5.74) is 8.89. The van der Waals surface area contributed by atoms with E-state index < -0.39 is 17.9 Å². The first-order valence-corrected chi connectivity index (χ1v) is 10.6. The predicted octanol–water partition coefficient (Wildman–Crippen LogP) is 2.92. The lowest BCUT2D eigenvalue weighted by atomic mass is 10.1. The number of alkyl halides is 1. The molecule has 0 aliphatic carbocycles. The Labute approximate surface area is 183 Å². The molecule has 2 aromatic rings. The molecular formula is C22H23BrN2O5. The van der Waals surface area contributed by atoms with Gasteiger partial charge < -0.3 is 20.1 Å². The Balaban J connectivity index is 1.75. The number of methoxy groups -OCH3 is 1. The van der Waals surface area contributed by atoms with E-state index in [4.69, 9.17) is 10.5 Å². The Morgan fingerprint density at radius 1 is 1.17 bits per heavy atom. The van der Waals surface area contributed by atoms with Crippen LogP contribution in [0.3, 0.4) is 0 Å². The summed E-state index contributed by atoms with van der Waals surface area (Å²) in [6.07, 6.45) is 0.107. The maximum absolute atomic E-state index is 12.9. The van der Waals surface area contributed by atoms with E-state index in [0.717, 1.165) is 10.9 Å². The first-order valence-electron chi connectivity index (χ1n) is 9.50. The maximum Gasteiger partial charge on any atom is 0.305 e. The second-order valence-corrected chi connectivity index (χ2v) is 7.55. The minimum Gasteiger partial charge on any atom is -0.489 e. The van der Waals surface area contributed by atoms with Gasteiger partial charge in [0.1, 0.15) is 18.4 Å². The topological polar surface area (TPSA) is 98.9 Å². The minimum atomic E-state index is -0.895. The van der Waals surface area contributed by atoms with Crippen LogP contribution in [-0.4, -0.2) is 35.8 Å². The Hall–Kier alpha value is -2.87. The van der Waals surface area contributed by atoms with Crippen molar-refractivity contribution in [2.24, 2.45) is 5.73 Å². The first kappa shape index (κ1) is 21.8. The van der Waals surface area contributed by atoms with Crippen molar-refractivity contribution in [3.63, 3.8) is 0 Å². The van der Waals surface area contributed by atoms with Gasteiger partial charge in [0.2, 0.25) is 5.91 Å². The highest BCUT2D eigenvalue weighted by molar-refractivity contribution is 9.08. The molecule has 0 bridgehead atoms. The van der Waals surface area contributed by atoms with Gasteiger partial charge in [0, 0.05) is 22.9 Å². The van der Waals surface area contributed by atoms with E-state index in [1.54, 1.807) is 18.2 Å². The average Bonchev–Trinajstić information content (AvgIpc) is 3.09. The fourth-order valence-corrected chi connectivity index (χ4v) is 3.78. The molecule has 0 fully saturated rings. The van der Waals surface area contributed by atoms with Gasteiger partial charge in [0.25, 0.3) is 5.91 Å². The van der Waals surface area contributed by atoms with Crippen LogP contribution in [0.15, 0.2) is 42.5 Å². The summed E-state index contributed by atoms with van der Waals surface area (Å²) in [6, 6.07) is 12.4. The molecule has 1 heterocycles. The summed E-state index contributed by atoms with van der Waals surface area (Å²) in [5.74, 6) is -0.829. The second-order valence-electron chi connectivity index (χ2n) is 6.99. The van der Waals surface area contributed by atoms with E-state index in [2.05, 4.69) is 20.7 Å². The summed E-state index contributed by atoms with van der Waals surface area (Å²) in [5, 5.41) is 0.787. The summed E-state index contributed by atoms with van der Waals surface area (Å²) >= 11 is 3.42. The molecular weight excluding hydrogens is 452 g/mol. The van der Waals surface area contributed by atoms with Gasteiger partial charge in [-0.15, -0.1) is 0 Å². The summed E-state index contributed by atoms with van der Waals surface area (Å²) in [7, 11) is 1.27.